The number of hydrogen-bond acceptors (Lipinski definition) is 6. The van der Waals surface area contributed by atoms with Crippen molar-refractivity contribution >= 4 is 11.9 Å². The molecule has 0 aliphatic rings. The van der Waals surface area contributed by atoms with Crippen LogP contribution in [0.5, 0.6) is 11.5 Å². The van der Waals surface area contributed by atoms with Crippen molar-refractivity contribution in [2.24, 2.45) is 0 Å². The SMILES string of the molecule is COC(=O)C(C(=O)OC)c1ccc(OCc2ccccc2)cc1OCc1ccccc1. The third kappa shape index (κ3) is 5.85. The minimum absolute atomic E-state index is 0.255. The molecule has 6 nitrogen and oxygen atoms in total. The Labute approximate surface area is 181 Å². The third-order valence-electron chi connectivity index (χ3n) is 4.66. The Morgan fingerprint density at radius 2 is 1.23 bits per heavy atom. The molecule has 31 heavy (non-hydrogen) atoms. The molecule has 0 spiro atoms. The van der Waals surface area contributed by atoms with E-state index in [9.17, 15) is 9.59 Å². The zero-order valence-electron chi connectivity index (χ0n) is 17.4. The number of hydrogen-bond donors (Lipinski definition) is 0. The summed E-state index contributed by atoms with van der Waals surface area (Å²) in [6.45, 7) is 0.626. The van der Waals surface area contributed by atoms with Crippen molar-refractivity contribution in [2.75, 3.05) is 14.2 Å². The Morgan fingerprint density at radius 1 is 0.710 bits per heavy atom. The lowest BCUT2D eigenvalue weighted by atomic mass is 9.98. The highest BCUT2D eigenvalue weighted by Gasteiger charge is 2.33. The molecule has 6 heteroatoms. The van der Waals surface area contributed by atoms with Crippen molar-refractivity contribution < 1.29 is 28.5 Å². The van der Waals surface area contributed by atoms with E-state index >= 15 is 0 Å². The molecule has 0 N–H and O–H groups in total. The van der Waals surface area contributed by atoms with Gasteiger partial charge in [-0.25, -0.2) is 0 Å². The third-order valence-corrected chi connectivity index (χ3v) is 4.66. The molecule has 0 heterocycles. The summed E-state index contributed by atoms with van der Waals surface area (Å²) in [4.78, 5) is 24.7. The summed E-state index contributed by atoms with van der Waals surface area (Å²) in [6.07, 6.45) is 0. The number of benzene rings is 3. The molecule has 0 unspecified atom stereocenters. The molecule has 0 aliphatic carbocycles. The van der Waals surface area contributed by atoms with Crippen LogP contribution in [0.15, 0.2) is 78.9 Å². The molecular formula is C25H24O6. The average molecular weight is 420 g/mol. The molecule has 0 fully saturated rings. The summed E-state index contributed by atoms with van der Waals surface area (Å²) < 4.78 is 21.5. The molecule has 160 valence electrons. The van der Waals surface area contributed by atoms with Gasteiger partial charge in [0.15, 0.2) is 5.92 Å². The molecule has 0 atom stereocenters. The van der Waals surface area contributed by atoms with Crippen molar-refractivity contribution in [3.63, 3.8) is 0 Å². The van der Waals surface area contributed by atoms with Gasteiger partial charge in [-0.05, 0) is 17.2 Å². The fourth-order valence-corrected chi connectivity index (χ4v) is 3.03. The van der Waals surface area contributed by atoms with Crippen LogP contribution >= 0.6 is 0 Å². The molecule has 0 amide bonds. The molecule has 3 aromatic carbocycles. The number of ether oxygens (including phenoxy) is 4. The van der Waals surface area contributed by atoms with Gasteiger partial charge in [-0.2, -0.15) is 0 Å². The van der Waals surface area contributed by atoms with Gasteiger partial charge in [-0.1, -0.05) is 66.7 Å². The molecule has 3 aromatic rings. The van der Waals surface area contributed by atoms with Crippen molar-refractivity contribution in [1.29, 1.82) is 0 Å². The highest BCUT2D eigenvalue weighted by molar-refractivity contribution is 6.01. The summed E-state index contributed by atoms with van der Waals surface area (Å²) in [6, 6.07) is 24.3. The Morgan fingerprint density at radius 3 is 1.74 bits per heavy atom. The largest absolute Gasteiger partial charge is 0.489 e. The number of rotatable bonds is 9. The molecule has 0 aromatic heterocycles. The van der Waals surface area contributed by atoms with Gasteiger partial charge >= 0.3 is 11.9 Å². The fourth-order valence-electron chi connectivity index (χ4n) is 3.03. The number of methoxy groups -OCH3 is 2. The van der Waals surface area contributed by atoms with Crippen LogP contribution in [0.3, 0.4) is 0 Å². The zero-order chi connectivity index (χ0) is 22.1. The minimum atomic E-state index is -1.26. The number of esters is 2. The first kappa shape index (κ1) is 21.9. The second kappa shape index (κ2) is 10.8. The molecule has 0 saturated carbocycles. The first-order valence-corrected chi connectivity index (χ1v) is 9.75. The van der Waals surface area contributed by atoms with E-state index < -0.39 is 17.9 Å². The summed E-state index contributed by atoms with van der Waals surface area (Å²) in [5.41, 5.74) is 2.30. The van der Waals surface area contributed by atoms with Crippen LogP contribution < -0.4 is 9.47 Å². The Balaban J connectivity index is 1.90. The van der Waals surface area contributed by atoms with E-state index in [2.05, 4.69) is 0 Å². The summed E-state index contributed by atoms with van der Waals surface area (Å²) in [5.74, 6) is -1.83. The van der Waals surface area contributed by atoms with Gasteiger partial charge < -0.3 is 18.9 Å². The van der Waals surface area contributed by atoms with Gasteiger partial charge in [0, 0.05) is 11.6 Å². The van der Waals surface area contributed by atoms with Gasteiger partial charge in [-0.15, -0.1) is 0 Å². The minimum Gasteiger partial charge on any atom is -0.489 e. The lowest BCUT2D eigenvalue weighted by Crippen LogP contribution is -2.25. The summed E-state index contributed by atoms with van der Waals surface area (Å²) in [7, 11) is 2.44. The van der Waals surface area contributed by atoms with Crippen LogP contribution in [0.2, 0.25) is 0 Å². The smallest absolute Gasteiger partial charge is 0.324 e. The number of carbonyl (C=O) groups excluding carboxylic acids is 2. The van der Waals surface area contributed by atoms with Crippen LogP contribution in [-0.2, 0) is 32.3 Å². The first-order chi connectivity index (χ1) is 15.1. The van der Waals surface area contributed by atoms with Crippen molar-refractivity contribution in [3.8, 4) is 11.5 Å². The van der Waals surface area contributed by atoms with E-state index in [-0.39, 0.29) is 6.61 Å². The maximum Gasteiger partial charge on any atom is 0.324 e. The normalized spacial score (nSPS) is 10.4. The predicted molar refractivity (Wildman–Crippen MR) is 115 cm³/mol. The van der Waals surface area contributed by atoms with Crippen molar-refractivity contribution in [3.05, 3.63) is 95.6 Å². The first-order valence-electron chi connectivity index (χ1n) is 9.75. The highest BCUT2D eigenvalue weighted by Crippen LogP contribution is 2.33. The molecule has 3 rings (SSSR count). The lowest BCUT2D eigenvalue weighted by molar-refractivity contribution is -0.154. The Hall–Kier alpha value is -3.80. The highest BCUT2D eigenvalue weighted by atomic mass is 16.5. The van der Waals surface area contributed by atoms with E-state index in [1.807, 2.05) is 60.7 Å². The van der Waals surface area contributed by atoms with Gasteiger partial charge in [0.2, 0.25) is 0 Å². The van der Waals surface area contributed by atoms with Gasteiger partial charge in [0.25, 0.3) is 0 Å². The molecule has 0 aliphatic heterocycles. The van der Waals surface area contributed by atoms with Crippen LogP contribution in [-0.4, -0.2) is 26.2 Å². The van der Waals surface area contributed by atoms with Gasteiger partial charge in [-0.3, -0.25) is 9.59 Å². The number of carbonyl (C=O) groups is 2. The van der Waals surface area contributed by atoms with Crippen LogP contribution in [0.25, 0.3) is 0 Å². The van der Waals surface area contributed by atoms with E-state index in [1.54, 1.807) is 18.2 Å². The van der Waals surface area contributed by atoms with Gasteiger partial charge in [0.1, 0.15) is 24.7 Å². The van der Waals surface area contributed by atoms with E-state index in [4.69, 9.17) is 18.9 Å². The Kier molecular flexibility index (Phi) is 7.65. The quantitative estimate of drug-likeness (QED) is 0.380. The van der Waals surface area contributed by atoms with E-state index in [0.29, 0.717) is 23.7 Å². The van der Waals surface area contributed by atoms with Crippen molar-refractivity contribution in [2.45, 2.75) is 19.1 Å². The average Bonchev–Trinajstić information content (AvgIpc) is 2.83. The van der Waals surface area contributed by atoms with E-state index in [0.717, 1.165) is 11.1 Å². The summed E-state index contributed by atoms with van der Waals surface area (Å²) in [5, 5.41) is 0. The maximum atomic E-state index is 12.3. The molecular weight excluding hydrogens is 396 g/mol. The van der Waals surface area contributed by atoms with E-state index in [1.165, 1.54) is 14.2 Å². The zero-order valence-corrected chi connectivity index (χ0v) is 17.4. The second-order valence-electron chi connectivity index (χ2n) is 6.73. The topological polar surface area (TPSA) is 71.1 Å². The molecule has 0 radical (unpaired) electrons. The standard InChI is InChI=1S/C25H24O6/c1-28-24(26)23(25(27)29-2)21-14-13-20(30-16-18-9-5-3-6-10-18)15-22(21)31-17-19-11-7-4-8-12-19/h3-15,23H,16-17H2,1-2H3. The van der Waals surface area contributed by atoms with Crippen LogP contribution in [0, 0.1) is 0 Å². The monoisotopic (exact) mass is 420 g/mol. The Bertz CT molecular complexity index is 985. The molecule has 0 bridgehead atoms. The predicted octanol–water partition coefficient (Wildman–Crippen LogP) is 4.27. The lowest BCUT2D eigenvalue weighted by Gasteiger charge is -2.18. The molecule has 0 saturated heterocycles. The fraction of sp³-hybridized carbons (Fsp3) is 0.200. The van der Waals surface area contributed by atoms with Crippen molar-refractivity contribution in [1.82, 2.24) is 0 Å². The van der Waals surface area contributed by atoms with Crippen LogP contribution in [0.1, 0.15) is 22.6 Å². The van der Waals surface area contributed by atoms with Crippen LogP contribution in [0.4, 0.5) is 0 Å². The summed E-state index contributed by atoms with van der Waals surface area (Å²) >= 11 is 0. The second-order valence-corrected chi connectivity index (χ2v) is 6.73. The van der Waals surface area contributed by atoms with Gasteiger partial charge in [0.05, 0.1) is 14.2 Å². The maximum absolute atomic E-state index is 12.3.